The third-order valence-corrected chi connectivity index (χ3v) is 5.64. The van der Waals surface area contributed by atoms with E-state index < -0.39 is 0 Å². The number of hydrogen-bond acceptors (Lipinski definition) is 2. The molecule has 27 heavy (non-hydrogen) atoms. The van der Waals surface area contributed by atoms with Crippen molar-refractivity contribution < 1.29 is 9.59 Å². The third kappa shape index (κ3) is 4.63. The van der Waals surface area contributed by atoms with Gasteiger partial charge in [-0.1, -0.05) is 48.3 Å². The second-order valence-corrected chi connectivity index (χ2v) is 7.53. The highest BCUT2D eigenvalue weighted by Gasteiger charge is 2.29. The van der Waals surface area contributed by atoms with E-state index in [1.54, 1.807) is 23.1 Å². The predicted molar refractivity (Wildman–Crippen MR) is 110 cm³/mol. The number of aryl methyl sites for hydroxylation is 1. The van der Waals surface area contributed by atoms with E-state index in [4.69, 9.17) is 23.2 Å². The highest BCUT2D eigenvalue weighted by atomic mass is 35.5. The molecule has 3 rings (SSSR count). The Labute approximate surface area is 169 Å². The van der Waals surface area contributed by atoms with Crippen LogP contribution < -0.4 is 5.32 Å². The summed E-state index contributed by atoms with van der Waals surface area (Å²) in [6.07, 6.45) is 2.41. The molecular formula is C21H22Cl2N2O2. The molecule has 0 aliphatic carbocycles. The highest BCUT2D eigenvalue weighted by molar-refractivity contribution is 6.42. The molecule has 0 radical (unpaired) electrons. The second-order valence-electron chi connectivity index (χ2n) is 6.72. The van der Waals surface area contributed by atoms with Crippen LogP contribution >= 0.6 is 23.2 Å². The largest absolute Gasteiger partial charge is 0.338 e. The van der Waals surface area contributed by atoms with Gasteiger partial charge >= 0.3 is 0 Å². The number of likely N-dealkylation sites (tertiary alicyclic amines) is 1. The maximum atomic E-state index is 12.8. The summed E-state index contributed by atoms with van der Waals surface area (Å²) >= 11 is 12.0. The van der Waals surface area contributed by atoms with Crippen molar-refractivity contribution in [2.24, 2.45) is 5.92 Å². The van der Waals surface area contributed by atoms with Crippen LogP contribution in [0.1, 0.15) is 35.7 Å². The molecule has 1 fully saturated rings. The number of anilines is 1. The predicted octanol–water partition coefficient (Wildman–Crippen LogP) is 5.05. The molecule has 2 amide bonds. The van der Waals surface area contributed by atoms with Crippen LogP contribution in [-0.2, 0) is 11.2 Å². The van der Waals surface area contributed by atoms with Gasteiger partial charge in [-0.15, -0.1) is 0 Å². The molecule has 1 unspecified atom stereocenters. The van der Waals surface area contributed by atoms with Gasteiger partial charge in [0.25, 0.3) is 5.91 Å². The Morgan fingerprint density at radius 2 is 1.93 bits per heavy atom. The number of halogens is 2. The molecule has 0 bridgehead atoms. The molecule has 1 N–H and O–H groups in total. The van der Waals surface area contributed by atoms with E-state index in [0.717, 1.165) is 30.5 Å². The van der Waals surface area contributed by atoms with Crippen molar-refractivity contribution in [3.8, 4) is 0 Å². The van der Waals surface area contributed by atoms with Crippen LogP contribution in [-0.4, -0.2) is 29.8 Å². The summed E-state index contributed by atoms with van der Waals surface area (Å²) in [5, 5.41) is 3.80. The molecule has 2 aromatic rings. The van der Waals surface area contributed by atoms with Crippen molar-refractivity contribution >= 4 is 40.7 Å². The number of benzene rings is 2. The lowest BCUT2D eigenvalue weighted by Crippen LogP contribution is -2.43. The highest BCUT2D eigenvalue weighted by Crippen LogP contribution is 2.26. The Hall–Kier alpha value is -2.04. The minimum Gasteiger partial charge on any atom is -0.338 e. The quantitative estimate of drug-likeness (QED) is 0.774. The maximum Gasteiger partial charge on any atom is 0.253 e. The van der Waals surface area contributed by atoms with Gasteiger partial charge < -0.3 is 10.2 Å². The molecule has 1 aliphatic heterocycles. The van der Waals surface area contributed by atoms with Gasteiger partial charge in [-0.25, -0.2) is 0 Å². The number of amides is 2. The SMILES string of the molecule is CCc1ccccc1NC(=O)C1CCCN(C(=O)c2ccc(Cl)c(Cl)c2)C1. The molecule has 2 aromatic carbocycles. The maximum absolute atomic E-state index is 12.8. The first-order valence-electron chi connectivity index (χ1n) is 9.12. The van der Waals surface area contributed by atoms with Gasteiger partial charge in [0.1, 0.15) is 0 Å². The summed E-state index contributed by atoms with van der Waals surface area (Å²) in [7, 11) is 0. The van der Waals surface area contributed by atoms with Crippen LogP contribution in [0, 0.1) is 5.92 Å². The molecule has 0 aromatic heterocycles. The van der Waals surface area contributed by atoms with Crippen LogP contribution in [0.3, 0.4) is 0 Å². The van der Waals surface area contributed by atoms with Crippen LogP contribution in [0.15, 0.2) is 42.5 Å². The number of rotatable bonds is 4. The van der Waals surface area contributed by atoms with Gasteiger partial charge in [0.15, 0.2) is 0 Å². The number of para-hydroxylation sites is 1. The molecule has 1 aliphatic rings. The van der Waals surface area contributed by atoms with Crippen LogP contribution in [0.4, 0.5) is 5.69 Å². The summed E-state index contributed by atoms with van der Waals surface area (Å²) in [6.45, 7) is 3.09. The smallest absolute Gasteiger partial charge is 0.253 e. The van der Waals surface area contributed by atoms with Gasteiger partial charge in [-0.2, -0.15) is 0 Å². The Balaban J connectivity index is 1.69. The van der Waals surface area contributed by atoms with E-state index in [1.807, 2.05) is 24.3 Å². The Bertz CT molecular complexity index is 854. The lowest BCUT2D eigenvalue weighted by atomic mass is 9.96. The summed E-state index contributed by atoms with van der Waals surface area (Å²) < 4.78 is 0. The zero-order valence-electron chi connectivity index (χ0n) is 15.2. The van der Waals surface area contributed by atoms with Crippen molar-refractivity contribution in [2.75, 3.05) is 18.4 Å². The lowest BCUT2D eigenvalue weighted by Gasteiger charge is -2.32. The Morgan fingerprint density at radius 3 is 2.67 bits per heavy atom. The Kier molecular flexibility index (Phi) is 6.40. The summed E-state index contributed by atoms with van der Waals surface area (Å²) in [6, 6.07) is 12.7. The van der Waals surface area contributed by atoms with Crippen LogP contribution in [0.5, 0.6) is 0 Å². The molecule has 1 heterocycles. The average Bonchev–Trinajstić information content (AvgIpc) is 2.70. The van der Waals surface area contributed by atoms with E-state index in [0.29, 0.717) is 28.7 Å². The van der Waals surface area contributed by atoms with Gasteiger partial charge in [0, 0.05) is 24.3 Å². The number of carbonyl (C=O) groups is 2. The molecular weight excluding hydrogens is 383 g/mol. The molecule has 142 valence electrons. The normalized spacial score (nSPS) is 16.9. The van der Waals surface area contributed by atoms with Crippen molar-refractivity contribution in [1.29, 1.82) is 0 Å². The summed E-state index contributed by atoms with van der Waals surface area (Å²) in [5.74, 6) is -0.391. The van der Waals surface area contributed by atoms with E-state index in [9.17, 15) is 9.59 Å². The van der Waals surface area contributed by atoms with Crippen LogP contribution in [0.25, 0.3) is 0 Å². The molecule has 6 heteroatoms. The van der Waals surface area contributed by atoms with Crippen LogP contribution in [0.2, 0.25) is 10.0 Å². The monoisotopic (exact) mass is 404 g/mol. The third-order valence-electron chi connectivity index (χ3n) is 4.90. The number of nitrogens with one attached hydrogen (secondary N) is 1. The lowest BCUT2D eigenvalue weighted by molar-refractivity contribution is -0.121. The Morgan fingerprint density at radius 1 is 1.15 bits per heavy atom. The number of nitrogens with zero attached hydrogens (tertiary/aromatic N) is 1. The average molecular weight is 405 g/mol. The van der Waals surface area contributed by atoms with E-state index in [-0.39, 0.29) is 17.7 Å². The van der Waals surface area contributed by atoms with Gasteiger partial charge in [-0.05, 0) is 49.1 Å². The zero-order valence-corrected chi connectivity index (χ0v) is 16.7. The summed E-state index contributed by atoms with van der Waals surface area (Å²) in [5.41, 5.74) is 2.44. The topological polar surface area (TPSA) is 49.4 Å². The number of carbonyl (C=O) groups excluding carboxylic acids is 2. The van der Waals surface area contributed by atoms with Crippen molar-refractivity contribution in [2.45, 2.75) is 26.2 Å². The van der Waals surface area contributed by atoms with Gasteiger partial charge in [-0.3, -0.25) is 9.59 Å². The standard InChI is InChI=1S/C21H22Cl2N2O2/c1-2-14-6-3-4-8-19(14)24-20(26)16-7-5-11-25(13-16)21(27)15-9-10-17(22)18(23)12-15/h3-4,6,8-10,12,16H,2,5,7,11,13H2,1H3,(H,24,26). The van der Waals surface area contributed by atoms with E-state index >= 15 is 0 Å². The minimum absolute atomic E-state index is 0.0393. The zero-order chi connectivity index (χ0) is 19.4. The fourth-order valence-electron chi connectivity index (χ4n) is 3.37. The van der Waals surface area contributed by atoms with Gasteiger partial charge in [0.2, 0.25) is 5.91 Å². The molecule has 4 nitrogen and oxygen atoms in total. The number of hydrogen-bond donors (Lipinski definition) is 1. The molecule has 1 atom stereocenters. The first-order chi connectivity index (χ1) is 13.0. The van der Waals surface area contributed by atoms with Gasteiger partial charge in [0.05, 0.1) is 16.0 Å². The van der Waals surface area contributed by atoms with Crippen molar-refractivity contribution in [1.82, 2.24) is 4.90 Å². The molecule has 0 saturated carbocycles. The number of piperidine rings is 1. The first-order valence-corrected chi connectivity index (χ1v) is 9.88. The van der Waals surface area contributed by atoms with E-state index in [2.05, 4.69) is 12.2 Å². The first kappa shape index (κ1) is 19.7. The summed E-state index contributed by atoms with van der Waals surface area (Å²) in [4.78, 5) is 27.3. The second kappa shape index (κ2) is 8.77. The fourth-order valence-corrected chi connectivity index (χ4v) is 3.67. The van der Waals surface area contributed by atoms with Crippen molar-refractivity contribution in [3.05, 3.63) is 63.6 Å². The fraction of sp³-hybridized carbons (Fsp3) is 0.333. The molecule has 0 spiro atoms. The van der Waals surface area contributed by atoms with Crippen molar-refractivity contribution in [3.63, 3.8) is 0 Å². The molecule has 1 saturated heterocycles. The van der Waals surface area contributed by atoms with E-state index in [1.165, 1.54) is 0 Å². The minimum atomic E-state index is -0.226.